The summed E-state index contributed by atoms with van der Waals surface area (Å²) in [7, 11) is 0. The summed E-state index contributed by atoms with van der Waals surface area (Å²) in [4.78, 5) is 10.5. The van der Waals surface area contributed by atoms with Gasteiger partial charge in [-0.1, -0.05) is 0 Å². The molecule has 2 saturated heterocycles. The van der Waals surface area contributed by atoms with Gasteiger partial charge in [-0.05, 0) is 13.8 Å². The molecular formula is C8H12O5. The highest BCUT2D eigenvalue weighted by Crippen LogP contribution is 2.34. The fraction of sp³-hybridized carbons (Fsp3) is 0.875. The van der Waals surface area contributed by atoms with Crippen molar-refractivity contribution in [1.29, 1.82) is 0 Å². The fourth-order valence-electron chi connectivity index (χ4n) is 1.48. The van der Waals surface area contributed by atoms with Crippen molar-refractivity contribution in [3.8, 4) is 0 Å². The summed E-state index contributed by atoms with van der Waals surface area (Å²) in [5.41, 5.74) is 0. The van der Waals surface area contributed by atoms with Crippen LogP contribution in [-0.2, 0) is 19.0 Å². The lowest BCUT2D eigenvalue weighted by Crippen LogP contribution is -2.26. The molecule has 2 heterocycles. The first-order chi connectivity index (χ1) is 5.99. The van der Waals surface area contributed by atoms with Crippen LogP contribution in [-0.4, -0.2) is 41.8 Å². The van der Waals surface area contributed by atoms with Crippen molar-refractivity contribution < 1.29 is 24.1 Å². The Morgan fingerprint density at radius 2 is 2.23 bits per heavy atom. The van der Waals surface area contributed by atoms with Crippen LogP contribution >= 0.6 is 0 Å². The van der Waals surface area contributed by atoms with Gasteiger partial charge >= 0.3 is 5.97 Å². The lowest BCUT2D eigenvalue weighted by Gasteiger charge is -2.16. The quantitative estimate of drug-likeness (QED) is 0.617. The molecule has 3 atom stereocenters. The number of hydrogen-bond donors (Lipinski definition) is 1. The number of aliphatic carboxylic acids is 1. The van der Waals surface area contributed by atoms with Crippen LogP contribution < -0.4 is 0 Å². The van der Waals surface area contributed by atoms with Gasteiger partial charge in [-0.15, -0.1) is 0 Å². The minimum absolute atomic E-state index is 0.240. The first kappa shape index (κ1) is 8.93. The molecule has 2 aliphatic rings. The molecule has 0 aromatic rings. The first-order valence-corrected chi connectivity index (χ1v) is 4.20. The van der Waals surface area contributed by atoms with Gasteiger partial charge in [0.05, 0.1) is 6.61 Å². The largest absolute Gasteiger partial charge is 0.479 e. The third-order valence-corrected chi connectivity index (χ3v) is 2.17. The number of ether oxygens (including phenoxy) is 3. The standard InChI is InChI=1S/C8H12O5/c1-8(2)11-3-4(13-8)5-6(12-5)7(9)10/h4-6H,3H2,1-2H3,(H,9,10)/t4-,5+,6-/m1/s1. The molecular weight excluding hydrogens is 176 g/mol. The predicted octanol–water partition coefficient (Wildman–Crippen LogP) is -0.0101. The van der Waals surface area contributed by atoms with Gasteiger partial charge in [0.15, 0.2) is 11.9 Å². The molecule has 0 unspecified atom stereocenters. The highest BCUT2D eigenvalue weighted by molar-refractivity contribution is 5.75. The highest BCUT2D eigenvalue weighted by Gasteiger charge is 2.54. The van der Waals surface area contributed by atoms with Crippen molar-refractivity contribution in [2.45, 2.75) is 37.9 Å². The highest BCUT2D eigenvalue weighted by atomic mass is 16.8. The molecule has 0 spiro atoms. The van der Waals surface area contributed by atoms with Crippen molar-refractivity contribution in [2.75, 3.05) is 6.61 Å². The van der Waals surface area contributed by atoms with Crippen LogP contribution in [0.4, 0.5) is 0 Å². The summed E-state index contributed by atoms with van der Waals surface area (Å²) in [5.74, 6) is -1.54. The number of epoxide rings is 1. The third kappa shape index (κ3) is 1.67. The Kier molecular flexibility index (Phi) is 1.83. The summed E-state index contributed by atoms with van der Waals surface area (Å²) >= 11 is 0. The molecule has 0 amide bonds. The normalized spacial score (nSPS) is 41.8. The summed E-state index contributed by atoms with van der Waals surface area (Å²) in [6.07, 6.45) is -1.28. The minimum Gasteiger partial charge on any atom is -0.479 e. The monoisotopic (exact) mass is 188 g/mol. The predicted molar refractivity (Wildman–Crippen MR) is 41.2 cm³/mol. The number of carboxylic acid groups (broad SMARTS) is 1. The average Bonchev–Trinajstić information content (AvgIpc) is 2.71. The second-order valence-electron chi connectivity index (χ2n) is 3.73. The second-order valence-corrected chi connectivity index (χ2v) is 3.73. The van der Waals surface area contributed by atoms with Gasteiger partial charge in [0.2, 0.25) is 0 Å². The zero-order chi connectivity index (χ0) is 9.64. The van der Waals surface area contributed by atoms with Crippen molar-refractivity contribution in [1.82, 2.24) is 0 Å². The molecule has 2 aliphatic heterocycles. The van der Waals surface area contributed by atoms with Crippen molar-refractivity contribution in [3.05, 3.63) is 0 Å². The van der Waals surface area contributed by atoms with Gasteiger partial charge in [0.25, 0.3) is 0 Å². The van der Waals surface area contributed by atoms with E-state index >= 15 is 0 Å². The summed E-state index contributed by atoms with van der Waals surface area (Å²) in [6, 6.07) is 0. The van der Waals surface area contributed by atoms with Gasteiger partial charge in [-0.2, -0.15) is 0 Å². The van der Waals surface area contributed by atoms with Gasteiger partial charge in [0.1, 0.15) is 12.2 Å². The molecule has 0 bridgehead atoms. The second kappa shape index (κ2) is 2.67. The smallest absolute Gasteiger partial charge is 0.335 e. The molecule has 2 fully saturated rings. The van der Waals surface area contributed by atoms with Gasteiger partial charge in [-0.3, -0.25) is 0 Å². The Morgan fingerprint density at radius 3 is 2.62 bits per heavy atom. The van der Waals surface area contributed by atoms with E-state index < -0.39 is 17.9 Å². The lowest BCUT2D eigenvalue weighted by molar-refractivity contribution is -0.141. The maximum absolute atomic E-state index is 10.5. The molecule has 0 radical (unpaired) electrons. The first-order valence-electron chi connectivity index (χ1n) is 4.20. The lowest BCUT2D eigenvalue weighted by atomic mass is 10.2. The summed E-state index contributed by atoms with van der Waals surface area (Å²) < 4.78 is 15.7. The molecule has 0 aromatic heterocycles. The zero-order valence-corrected chi connectivity index (χ0v) is 7.52. The third-order valence-electron chi connectivity index (χ3n) is 2.17. The molecule has 2 rings (SSSR count). The van der Waals surface area contributed by atoms with E-state index in [1.165, 1.54) is 0 Å². The molecule has 5 heteroatoms. The van der Waals surface area contributed by atoms with E-state index in [-0.39, 0.29) is 12.2 Å². The van der Waals surface area contributed by atoms with Crippen LogP contribution in [0.2, 0.25) is 0 Å². The van der Waals surface area contributed by atoms with Crippen molar-refractivity contribution in [2.24, 2.45) is 0 Å². The minimum atomic E-state index is -0.932. The number of carboxylic acids is 1. The van der Waals surface area contributed by atoms with Gasteiger partial charge < -0.3 is 19.3 Å². The van der Waals surface area contributed by atoms with Crippen LogP contribution in [0, 0.1) is 0 Å². The van der Waals surface area contributed by atoms with E-state index in [4.69, 9.17) is 19.3 Å². The molecule has 0 aromatic carbocycles. The van der Waals surface area contributed by atoms with E-state index in [0.717, 1.165) is 0 Å². The molecule has 74 valence electrons. The van der Waals surface area contributed by atoms with E-state index in [1.807, 2.05) is 0 Å². The zero-order valence-electron chi connectivity index (χ0n) is 7.52. The SMILES string of the molecule is CC1(C)OC[C@H]([C@@H]2O[C@H]2C(=O)O)O1. The Hall–Kier alpha value is -0.650. The van der Waals surface area contributed by atoms with Crippen LogP contribution in [0.15, 0.2) is 0 Å². The molecule has 13 heavy (non-hydrogen) atoms. The Bertz CT molecular complexity index is 237. The number of hydrogen-bond acceptors (Lipinski definition) is 4. The summed E-state index contributed by atoms with van der Waals surface area (Å²) in [6.45, 7) is 4.00. The van der Waals surface area contributed by atoms with Gasteiger partial charge in [0, 0.05) is 0 Å². The number of carbonyl (C=O) groups is 1. The summed E-state index contributed by atoms with van der Waals surface area (Å²) in [5, 5.41) is 8.59. The average molecular weight is 188 g/mol. The van der Waals surface area contributed by atoms with Gasteiger partial charge in [-0.25, -0.2) is 4.79 Å². The maximum Gasteiger partial charge on any atom is 0.335 e. The van der Waals surface area contributed by atoms with Crippen LogP contribution in [0.1, 0.15) is 13.8 Å². The van der Waals surface area contributed by atoms with Crippen molar-refractivity contribution >= 4 is 5.97 Å². The van der Waals surface area contributed by atoms with E-state index in [0.29, 0.717) is 6.61 Å². The van der Waals surface area contributed by atoms with Crippen LogP contribution in [0.25, 0.3) is 0 Å². The molecule has 5 nitrogen and oxygen atoms in total. The Morgan fingerprint density at radius 1 is 1.54 bits per heavy atom. The Labute approximate surface area is 75.6 Å². The molecule has 1 N–H and O–H groups in total. The maximum atomic E-state index is 10.5. The fourth-order valence-corrected chi connectivity index (χ4v) is 1.48. The van der Waals surface area contributed by atoms with E-state index in [2.05, 4.69) is 0 Å². The number of rotatable bonds is 2. The molecule has 0 aliphatic carbocycles. The Balaban J connectivity index is 1.89. The molecule has 0 saturated carbocycles. The van der Waals surface area contributed by atoms with Crippen LogP contribution in [0.3, 0.4) is 0 Å². The van der Waals surface area contributed by atoms with Crippen molar-refractivity contribution in [3.63, 3.8) is 0 Å². The van der Waals surface area contributed by atoms with Crippen LogP contribution in [0.5, 0.6) is 0 Å². The topological polar surface area (TPSA) is 68.3 Å². The van der Waals surface area contributed by atoms with E-state index in [9.17, 15) is 4.79 Å². The van der Waals surface area contributed by atoms with E-state index in [1.54, 1.807) is 13.8 Å².